The number of urea groups is 1. The van der Waals surface area contributed by atoms with E-state index in [-0.39, 0.29) is 11.6 Å². The van der Waals surface area contributed by atoms with Gasteiger partial charge >= 0.3 is 6.03 Å². The number of carbonyl (C=O) groups is 1. The molecule has 1 aromatic carbocycles. The third kappa shape index (κ3) is 2.83. The molecular weight excluding hydrogens is 234 g/mol. The van der Waals surface area contributed by atoms with Crippen molar-refractivity contribution in [2.75, 3.05) is 26.1 Å². The number of carbonyl (C=O) groups excluding carboxylic acids is 1. The highest BCUT2D eigenvalue weighted by Gasteiger charge is 2.15. The molecule has 6 heteroatoms. The molecule has 0 atom stereocenters. The van der Waals surface area contributed by atoms with E-state index in [4.69, 9.17) is 14.7 Å². The van der Waals surface area contributed by atoms with Gasteiger partial charge in [-0.2, -0.15) is 5.26 Å². The lowest BCUT2D eigenvalue weighted by Crippen LogP contribution is -2.28. The predicted octanol–water partition coefficient (Wildman–Crippen LogP) is 1.72. The van der Waals surface area contributed by atoms with Crippen molar-refractivity contribution in [1.82, 2.24) is 5.32 Å². The van der Waals surface area contributed by atoms with Crippen LogP contribution in [0.4, 0.5) is 10.5 Å². The summed E-state index contributed by atoms with van der Waals surface area (Å²) in [5.74, 6) is 0.741. The smallest absolute Gasteiger partial charge is 0.319 e. The zero-order chi connectivity index (χ0) is 13.5. The first-order valence-corrected chi connectivity index (χ1v) is 5.37. The highest BCUT2D eigenvalue weighted by Crippen LogP contribution is 2.35. The van der Waals surface area contributed by atoms with E-state index in [0.717, 1.165) is 0 Å². The average molecular weight is 249 g/mol. The number of anilines is 1. The Labute approximate surface area is 106 Å². The molecule has 2 N–H and O–H groups in total. The number of nitrogens with one attached hydrogen (secondary N) is 2. The number of rotatable bonds is 4. The number of nitrogens with zero attached hydrogens (tertiary/aromatic N) is 1. The molecule has 0 fully saturated rings. The van der Waals surface area contributed by atoms with Gasteiger partial charge in [0.2, 0.25) is 0 Å². The first-order valence-electron chi connectivity index (χ1n) is 5.37. The van der Waals surface area contributed by atoms with Gasteiger partial charge in [0.15, 0.2) is 11.5 Å². The van der Waals surface area contributed by atoms with Crippen molar-refractivity contribution in [2.24, 2.45) is 0 Å². The number of ether oxygens (including phenoxy) is 2. The molecule has 96 valence electrons. The molecule has 0 aromatic heterocycles. The van der Waals surface area contributed by atoms with Gasteiger partial charge in [0.1, 0.15) is 11.6 Å². The second kappa shape index (κ2) is 6.35. The molecule has 1 aromatic rings. The monoisotopic (exact) mass is 249 g/mol. The van der Waals surface area contributed by atoms with Gasteiger partial charge in [0.25, 0.3) is 0 Å². The summed E-state index contributed by atoms with van der Waals surface area (Å²) in [6.45, 7) is 2.31. The Morgan fingerprint density at radius 3 is 2.61 bits per heavy atom. The minimum absolute atomic E-state index is 0.225. The molecule has 0 aliphatic carbocycles. The van der Waals surface area contributed by atoms with Gasteiger partial charge in [-0.05, 0) is 19.1 Å². The summed E-state index contributed by atoms with van der Waals surface area (Å²) < 4.78 is 10.2. The number of methoxy groups -OCH3 is 2. The van der Waals surface area contributed by atoms with Gasteiger partial charge in [-0.15, -0.1) is 0 Å². The van der Waals surface area contributed by atoms with Crippen molar-refractivity contribution in [1.29, 1.82) is 5.26 Å². The molecule has 0 aliphatic heterocycles. The summed E-state index contributed by atoms with van der Waals surface area (Å²) >= 11 is 0. The number of hydrogen-bond acceptors (Lipinski definition) is 4. The van der Waals surface area contributed by atoms with Gasteiger partial charge < -0.3 is 20.1 Å². The van der Waals surface area contributed by atoms with Crippen LogP contribution in [-0.2, 0) is 0 Å². The molecule has 0 saturated carbocycles. The van der Waals surface area contributed by atoms with Crippen LogP contribution in [0.2, 0.25) is 0 Å². The summed E-state index contributed by atoms with van der Waals surface area (Å²) in [6, 6.07) is 4.83. The molecule has 0 unspecified atom stereocenters. The van der Waals surface area contributed by atoms with Crippen LogP contribution in [0.3, 0.4) is 0 Å². The Balaban J connectivity index is 3.14. The van der Waals surface area contributed by atoms with Crippen LogP contribution in [-0.4, -0.2) is 26.8 Å². The van der Waals surface area contributed by atoms with Crippen LogP contribution < -0.4 is 20.1 Å². The van der Waals surface area contributed by atoms with Crippen molar-refractivity contribution in [3.63, 3.8) is 0 Å². The summed E-state index contributed by atoms with van der Waals surface area (Å²) in [5, 5.41) is 14.3. The van der Waals surface area contributed by atoms with E-state index in [9.17, 15) is 4.79 Å². The molecule has 18 heavy (non-hydrogen) atoms. The van der Waals surface area contributed by atoms with Gasteiger partial charge in [-0.3, -0.25) is 0 Å². The predicted molar refractivity (Wildman–Crippen MR) is 67.0 cm³/mol. The highest BCUT2D eigenvalue weighted by atomic mass is 16.5. The average Bonchev–Trinajstić information content (AvgIpc) is 2.38. The van der Waals surface area contributed by atoms with E-state index in [1.807, 2.05) is 6.07 Å². The molecule has 0 aliphatic rings. The standard InChI is InChI=1S/C12H15N3O3/c1-4-14-12(16)15-9-5-6-10(17-2)11(18-3)8(9)7-13/h5-6H,4H2,1-3H3,(H2,14,15,16). The van der Waals surface area contributed by atoms with Crippen molar-refractivity contribution < 1.29 is 14.3 Å². The largest absolute Gasteiger partial charge is 0.493 e. The van der Waals surface area contributed by atoms with Crippen LogP contribution in [0.5, 0.6) is 11.5 Å². The Bertz CT molecular complexity index is 480. The van der Waals surface area contributed by atoms with E-state index < -0.39 is 0 Å². The maximum absolute atomic E-state index is 11.4. The number of hydrogen-bond donors (Lipinski definition) is 2. The number of benzene rings is 1. The van der Waals surface area contributed by atoms with Crippen molar-refractivity contribution >= 4 is 11.7 Å². The van der Waals surface area contributed by atoms with Gasteiger partial charge in [0, 0.05) is 6.54 Å². The molecule has 0 spiro atoms. The van der Waals surface area contributed by atoms with Gasteiger partial charge in [0.05, 0.1) is 19.9 Å². The normalized spacial score (nSPS) is 9.22. The number of nitriles is 1. The molecule has 0 saturated heterocycles. The Kier molecular flexibility index (Phi) is 4.81. The maximum atomic E-state index is 11.4. The summed E-state index contributed by atoms with van der Waals surface area (Å²) in [6.07, 6.45) is 0. The fourth-order valence-electron chi connectivity index (χ4n) is 1.47. The number of amides is 2. The maximum Gasteiger partial charge on any atom is 0.319 e. The summed E-state index contributed by atoms with van der Waals surface area (Å²) in [5.41, 5.74) is 0.601. The Morgan fingerprint density at radius 2 is 2.11 bits per heavy atom. The minimum Gasteiger partial charge on any atom is -0.493 e. The molecule has 1 rings (SSSR count). The van der Waals surface area contributed by atoms with E-state index in [1.165, 1.54) is 14.2 Å². The zero-order valence-corrected chi connectivity index (χ0v) is 10.5. The second-order valence-corrected chi connectivity index (χ2v) is 3.32. The van der Waals surface area contributed by atoms with Crippen molar-refractivity contribution in [2.45, 2.75) is 6.92 Å². The topological polar surface area (TPSA) is 83.4 Å². The Hall–Kier alpha value is -2.42. The lowest BCUT2D eigenvalue weighted by atomic mass is 10.1. The minimum atomic E-state index is -0.374. The van der Waals surface area contributed by atoms with Crippen molar-refractivity contribution in [3.8, 4) is 17.6 Å². The van der Waals surface area contributed by atoms with Crippen molar-refractivity contribution in [3.05, 3.63) is 17.7 Å². The van der Waals surface area contributed by atoms with Crippen LogP contribution in [0, 0.1) is 11.3 Å². The Morgan fingerprint density at radius 1 is 1.39 bits per heavy atom. The fourth-order valence-corrected chi connectivity index (χ4v) is 1.47. The van der Waals surface area contributed by atoms with Gasteiger partial charge in [-0.1, -0.05) is 0 Å². The lowest BCUT2D eigenvalue weighted by Gasteiger charge is -2.13. The van der Waals surface area contributed by atoms with Crippen LogP contribution in [0.1, 0.15) is 12.5 Å². The molecule has 2 amide bonds. The molecule has 0 heterocycles. The second-order valence-electron chi connectivity index (χ2n) is 3.32. The first kappa shape index (κ1) is 13.6. The van der Waals surface area contributed by atoms with Crippen LogP contribution >= 0.6 is 0 Å². The third-order valence-corrected chi connectivity index (χ3v) is 2.24. The lowest BCUT2D eigenvalue weighted by molar-refractivity contribution is 0.252. The SMILES string of the molecule is CCNC(=O)Nc1ccc(OC)c(OC)c1C#N. The van der Waals surface area contributed by atoms with Crippen LogP contribution in [0.25, 0.3) is 0 Å². The van der Waals surface area contributed by atoms with E-state index in [1.54, 1.807) is 19.1 Å². The molecule has 0 bridgehead atoms. The van der Waals surface area contributed by atoms with E-state index in [2.05, 4.69) is 10.6 Å². The van der Waals surface area contributed by atoms with Crippen LogP contribution in [0.15, 0.2) is 12.1 Å². The summed E-state index contributed by atoms with van der Waals surface area (Å²) in [4.78, 5) is 11.4. The highest BCUT2D eigenvalue weighted by molar-refractivity contribution is 5.91. The summed E-state index contributed by atoms with van der Waals surface area (Å²) in [7, 11) is 2.92. The molecule has 6 nitrogen and oxygen atoms in total. The first-order chi connectivity index (χ1) is 8.67. The molecule has 0 radical (unpaired) electrons. The zero-order valence-electron chi connectivity index (χ0n) is 10.5. The quantitative estimate of drug-likeness (QED) is 0.851. The van der Waals surface area contributed by atoms with Gasteiger partial charge in [-0.25, -0.2) is 4.79 Å². The van der Waals surface area contributed by atoms with E-state index in [0.29, 0.717) is 23.7 Å². The third-order valence-electron chi connectivity index (χ3n) is 2.24. The molecular formula is C12H15N3O3. The van der Waals surface area contributed by atoms with E-state index >= 15 is 0 Å². The fraction of sp³-hybridized carbons (Fsp3) is 0.333.